The van der Waals surface area contributed by atoms with Crippen molar-refractivity contribution in [3.63, 3.8) is 0 Å². The Kier molecular flexibility index (Phi) is 4.26. The number of aromatic nitrogens is 3. The van der Waals surface area contributed by atoms with Crippen LogP contribution in [0.3, 0.4) is 0 Å². The van der Waals surface area contributed by atoms with Crippen molar-refractivity contribution < 1.29 is 4.79 Å². The van der Waals surface area contributed by atoms with Crippen LogP contribution in [0.25, 0.3) is 0 Å². The number of carbonyl (C=O) groups excluding carboxylic acids is 1. The van der Waals surface area contributed by atoms with Crippen molar-refractivity contribution in [1.29, 1.82) is 0 Å². The Balaban J connectivity index is 1.29. The maximum atomic E-state index is 12.1. The van der Waals surface area contributed by atoms with E-state index in [4.69, 9.17) is 0 Å². The number of amides is 2. The molecule has 0 saturated heterocycles. The van der Waals surface area contributed by atoms with Crippen molar-refractivity contribution in [1.82, 2.24) is 20.1 Å². The second kappa shape index (κ2) is 6.55. The number of urea groups is 1. The summed E-state index contributed by atoms with van der Waals surface area (Å²) in [6, 6.07) is 0.201. The lowest BCUT2D eigenvalue weighted by molar-refractivity contribution is 0.251. The summed E-state index contributed by atoms with van der Waals surface area (Å²) in [4.78, 5) is 18.1. The molecule has 0 aliphatic heterocycles. The molecule has 1 atom stereocenters. The number of anilines is 1. The zero-order valence-electron chi connectivity index (χ0n) is 13.9. The summed E-state index contributed by atoms with van der Waals surface area (Å²) >= 11 is 1.73. The number of nitrogens with one attached hydrogen (secondary N) is 2. The molecule has 2 heterocycles. The minimum atomic E-state index is -0.207. The molecule has 4 rings (SSSR count). The van der Waals surface area contributed by atoms with Gasteiger partial charge in [0.2, 0.25) is 0 Å². The Morgan fingerprint density at radius 1 is 1.42 bits per heavy atom. The molecule has 2 amide bonds. The number of carbonyl (C=O) groups is 1. The second-order valence-corrected chi connectivity index (χ2v) is 7.95. The van der Waals surface area contributed by atoms with Crippen LogP contribution in [0.5, 0.6) is 0 Å². The third-order valence-corrected chi connectivity index (χ3v) is 6.03. The molecule has 1 saturated carbocycles. The lowest BCUT2D eigenvalue weighted by Crippen LogP contribution is -2.28. The average molecular weight is 345 g/mol. The molecular formula is C17H23N5OS. The maximum absolute atomic E-state index is 12.1. The molecule has 0 radical (unpaired) electrons. The molecule has 6 nitrogen and oxygen atoms in total. The van der Waals surface area contributed by atoms with Gasteiger partial charge in [-0.15, -0.1) is 11.3 Å². The number of thiazole rings is 1. The Morgan fingerprint density at radius 2 is 2.25 bits per heavy atom. The van der Waals surface area contributed by atoms with Gasteiger partial charge in [0.1, 0.15) is 5.01 Å². The highest BCUT2D eigenvalue weighted by Gasteiger charge is 2.29. The summed E-state index contributed by atoms with van der Waals surface area (Å²) in [5, 5.41) is 11.1. The van der Waals surface area contributed by atoms with E-state index < -0.39 is 0 Å². The minimum absolute atomic E-state index is 0.207. The molecule has 1 fully saturated rings. The van der Waals surface area contributed by atoms with Gasteiger partial charge in [-0.1, -0.05) is 0 Å². The molecular weight excluding hydrogens is 322 g/mol. The van der Waals surface area contributed by atoms with E-state index in [-0.39, 0.29) is 6.03 Å². The first-order valence-corrected chi connectivity index (χ1v) is 9.57. The standard InChI is InChI=1S/C17H23N5OS/c1-11(12-6-7-12)22-10-13(8-19-22)20-17(23)18-9-16-21-14-4-2-3-5-15(14)24-16/h8,10-12H,2-7,9H2,1H3,(H2,18,20,23). The van der Waals surface area contributed by atoms with E-state index in [1.165, 1.54) is 36.3 Å². The van der Waals surface area contributed by atoms with Gasteiger partial charge < -0.3 is 10.6 Å². The Hall–Kier alpha value is -1.89. The number of rotatable bonds is 5. The zero-order chi connectivity index (χ0) is 16.5. The topological polar surface area (TPSA) is 71.8 Å². The van der Waals surface area contributed by atoms with Crippen molar-refractivity contribution >= 4 is 23.1 Å². The third-order valence-electron chi connectivity index (χ3n) is 4.87. The first-order chi connectivity index (χ1) is 11.7. The molecule has 0 spiro atoms. The van der Waals surface area contributed by atoms with Gasteiger partial charge in [0.15, 0.2) is 0 Å². The molecule has 2 aromatic heterocycles. The number of hydrogen-bond donors (Lipinski definition) is 2. The first kappa shape index (κ1) is 15.6. The Morgan fingerprint density at radius 3 is 3.04 bits per heavy atom. The lowest BCUT2D eigenvalue weighted by Gasteiger charge is -2.09. The molecule has 2 aromatic rings. The summed E-state index contributed by atoms with van der Waals surface area (Å²) in [6.45, 7) is 2.66. The summed E-state index contributed by atoms with van der Waals surface area (Å²) < 4.78 is 1.95. The quantitative estimate of drug-likeness (QED) is 0.871. The number of hydrogen-bond acceptors (Lipinski definition) is 4. The van der Waals surface area contributed by atoms with E-state index >= 15 is 0 Å². The monoisotopic (exact) mass is 345 g/mol. The molecule has 2 N–H and O–H groups in total. The highest BCUT2D eigenvalue weighted by molar-refractivity contribution is 7.11. The first-order valence-electron chi connectivity index (χ1n) is 8.75. The predicted octanol–water partition coefficient (Wildman–Crippen LogP) is 3.51. The molecule has 0 aromatic carbocycles. The third kappa shape index (κ3) is 3.45. The van der Waals surface area contributed by atoms with Crippen LogP contribution in [-0.2, 0) is 19.4 Å². The van der Waals surface area contributed by atoms with Crippen LogP contribution in [-0.4, -0.2) is 20.8 Å². The largest absolute Gasteiger partial charge is 0.331 e. The zero-order valence-corrected chi connectivity index (χ0v) is 14.7. The van der Waals surface area contributed by atoms with Crippen molar-refractivity contribution in [3.8, 4) is 0 Å². The molecule has 2 aliphatic rings. The fourth-order valence-electron chi connectivity index (χ4n) is 3.23. The van der Waals surface area contributed by atoms with Gasteiger partial charge in [-0.25, -0.2) is 9.78 Å². The van der Waals surface area contributed by atoms with Gasteiger partial charge in [-0.05, 0) is 51.4 Å². The Labute approximate surface area is 145 Å². The summed E-state index contributed by atoms with van der Waals surface area (Å²) in [5.74, 6) is 0.738. The number of aryl methyl sites for hydroxylation is 2. The smallest absolute Gasteiger partial charge is 0.319 e. The fourth-order valence-corrected chi connectivity index (χ4v) is 4.33. The predicted molar refractivity (Wildman–Crippen MR) is 94.3 cm³/mol. The van der Waals surface area contributed by atoms with Gasteiger partial charge in [-0.3, -0.25) is 4.68 Å². The van der Waals surface area contributed by atoms with Gasteiger partial charge in [0.25, 0.3) is 0 Å². The molecule has 1 unspecified atom stereocenters. The molecule has 7 heteroatoms. The summed E-state index contributed by atoms with van der Waals surface area (Å²) in [6.07, 6.45) is 10.9. The van der Waals surface area contributed by atoms with Crippen LogP contribution in [0.1, 0.15) is 54.2 Å². The summed E-state index contributed by atoms with van der Waals surface area (Å²) in [7, 11) is 0. The van der Waals surface area contributed by atoms with E-state index in [1.54, 1.807) is 17.5 Å². The number of fused-ring (bicyclic) bond motifs is 1. The van der Waals surface area contributed by atoms with Crippen LogP contribution >= 0.6 is 11.3 Å². The van der Waals surface area contributed by atoms with E-state index in [1.807, 2.05) is 10.9 Å². The van der Waals surface area contributed by atoms with Crippen molar-refractivity contribution in [2.45, 2.75) is 58.0 Å². The normalized spacial score (nSPS) is 18.0. The second-order valence-electron chi connectivity index (χ2n) is 6.78. The SMILES string of the molecule is CC(C1CC1)n1cc(NC(=O)NCc2nc3c(s2)CCCC3)cn1. The van der Waals surface area contributed by atoms with Crippen molar-refractivity contribution in [2.24, 2.45) is 5.92 Å². The van der Waals surface area contributed by atoms with Crippen LogP contribution in [0.2, 0.25) is 0 Å². The van der Waals surface area contributed by atoms with Gasteiger partial charge in [0.05, 0.1) is 30.2 Å². The number of nitrogens with zero attached hydrogens (tertiary/aromatic N) is 3. The van der Waals surface area contributed by atoms with E-state index in [9.17, 15) is 4.79 Å². The van der Waals surface area contributed by atoms with E-state index in [0.717, 1.165) is 29.5 Å². The highest BCUT2D eigenvalue weighted by Crippen LogP contribution is 2.39. The fraction of sp³-hybridized carbons (Fsp3) is 0.588. The minimum Gasteiger partial charge on any atom is -0.331 e. The van der Waals surface area contributed by atoms with Crippen LogP contribution in [0.4, 0.5) is 10.5 Å². The molecule has 0 bridgehead atoms. The molecule has 2 aliphatic carbocycles. The maximum Gasteiger partial charge on any atom is 0.319 e. The lowest BCUT2D eigenvalue weighted by atomic mass is 10.0. The van der Waals surface area contributed by atoms with Crippen LogP contribution in [0.15, 0.2) is 12.4 Å². The van der Waals surface area contributed by atoms with E-state index in [0.29, 0.717) is 12.6 Å². The van der Waals surface area contributed by atoms with Gasteiger partial charge >= 0.3 is 6.03 Å². The molecule has 128 valence electrons. The van der Waals surface area contributed by atoms with Crippen molar-refractivity contribution in [3.05, 3.63) is 28.0 Å². The van der Waals surface area contributed by atoms with Crippen LogP contribution in [0, 0.1) is 5.92 Å². The average Bonchev–Trinajstić information content (AvgIpc) is 3.18. The van der Waals surface area contributed by atoms with Gasteiger partial charge in [-0.2, -0.15) is 5.10 Å². The Bertz CT molecular complexity index is 710. The highest BCUT2D eigenvalue weighted by atomic mass is 32.1. The van der Waals surface area contributed by atoms with Crippen LogP contribution < -0.4 is 10.6 Å². The van der Waals surface area contributed by atoms with Crippen molar-refractivity contribution in [2.75, 3.05) is 5.32 Å². The molecule has 24 heavy (non-hydrogen) atoms. The van der Waals surface area contributed by atoms with E-state index in [2.05, 4.69) is 27.6 Å². The van der Waals surface area contributed by atoms with Gasteiger partial charge in [0, 0.05) is 11.1 Å². The summed E-state index contributed by atoms with van der Waals surface area (Å²) in [5.41, 5.74) is 1.97.